The fourth-order valence-corrected chi connectivity index (χ4v) is 2.00. The SMILES string of the molecule is CCNCc1cc(=O)n2[nH]c(-c3ccccc3)nc2n1. The van der Waals surface area contributed by atoms with Crippen molar-refractivity contribution < 1.29 is 0 Å². The molecule has 1 aromatic carbocycles. The number of nitrogens with one attached hydrogen (secondary N) is 2. The second-order valence-electron chi connectivity index (χ2n) is 4.44. The van der Waals surface area contributed by atoms with Gasteiger partial charge in [-0.3, -0.25) is 9.89 Å². The molecule has 2 aromatic heterocycles. The number of nitrogens with zero attached hydrogens (tertiary/aromatic N) is 3. The smallest absolute Gasteiger partial charge is 0.274 e. The molecule has 0 atom stereocenters. The van der Waals surface area contributed by atoms with Crippen LogP contribution in [0.3, 0.4) is 0 Å². The van der Waals surface area contributed by atoms with Crippen molar-refractivity contribution in [1.29, 1.82) is 0 Å². The molecular weight excluding hydrogens is 254 g/mol. The van der Waals surface area contributed by atoms with E-state index in [9.17, 15) is 4.79 Å². The van der Waals surface area contributed by atoms with Crippen molar-refractivity contribution in [3.63, 3.8) is 0 Å². The zero-order valence-corrected chi connectivity index (χ0v) is 11.1. The minimum atomic E-state index is -0.155. The quantitative estimate of drug-likeness (QED) is 0.746. The van der Waals surface area contributed by atoms with Crippen LogP contribution in [0.25, 0.3) is 17.2 Å². The van der Waals surface area contributed by atoms with E-state index in [0.717, 1.165) is 12.1 Å². The Morgan fingerprint density at radius 1 is 1.25 bits per heavy atom. The number of rotatable bonds is 4. The van der Waals surface area contributed by atoms with Crippen LogP contribution in [-0.2, 0) is 6.54 Å². The summed E-state index contributed by atoms with van der Waals surface area (Å²) in [5.74, 6) is 1.03. The van der Waals surface area contributed by atoms with Gasteiger partial charge in [-0.05, 0) is 6.54 Å². The Morgan fingerprint density at radius 3 is 2.80 bits per heavy atom. The van der Waals surface area contributed by atoms with Gasteiger partial charge in [-0.25, -0.2) is 4.98 Å². The lowest BCUT2D eigenvalue weighted by Crippen LogP contribution is -2.19. The molecule has 0 fully saturated rings. The highest BCUT2D eigenvalue weighted by atomic mass is 16.1. The molecule has 0 amide bonds. The van der Waals surface area contributed by atoms with Crippen LogP contribution in [0.5, 0.6) is 0 Å². The van der Waals surface area contributed by atoms with E-state index < -0.39 is 0 Å². The van der Waals surface area contributed by atoms with Crippen molar-refractivity contribution in [2.24, 2.45) is 0 Å². The van der Waals surface area contributed by atoms with E-state index in [1.165, 1.54) is 10.6 Å². The standard InChI is InChI=1S/C14H15N5O/c1-2-15-9-11-8-12(20)19-14(16-11)17-13(18-19)10-6-4-3-5-7-10/h3-8,15H,2,9H2,1H3,(H,16,17,18). The lowest BCUT2D eigenvalue weighted by Gasteiger charge is -1.99. The average Bonchev–Trinajstić information content (AvgIpc) is 2.91. The molecule has 0 unspecified atom stereocenters. The van der Waals surface area contributed by atoms with Crippen LogP contribution in [0.15, 0.2) is 41.2 Å². The molecule has 3 rings (SSSR count). The predicted octanol–water partition coefficient (Wildman–Crippen LogP) is 1.19. The molecule has 0 aliphatic carbocycles. The maximum absolute atomic E-state index is 12.0. The zero-order valence-electron chi connectivity index (χ0n) is 11.1. The fraction of sp³-hybridized carbons (Fsp3) is 0.214. The maximum atomic E-state index is 12.0. The highest BCUT2D eigenvalue weighted by Crippen LogP contribution is 2.13. The summed E-state index contributed by atoms with van der Waals surface area (Å²) < 4.78 is 1.36. The topological polar surface area (TPSA) is 75.1 Å². The largest absolute Gasteiger partial charge is 0.311 e. The summed E-state index contributed by atoms with van der Waals surface area (Å²) in [5.41, 5.74) is 1.46. The lowest BCUT2D eigenvalue weighted by atomic mass is 10.2. The number of benzene rings is 1. The summed E-state index contributed by atoms with van der Waals surface area (Å²) in [6.07, 6.45) is 0. The van der Waals surface area contributed by atoms with Gasteiger partial charge in [-0.15, -0.1) is 0 Å². The second kappa shape index (κ2) is 5.26. The van der Waals surface area contributed by atoms with Gasteiger partial charge in [0.05, 0.1) is 5.69 Å². The van der Waals surface area contributed by atoms with Gasteiger partial charge in [0.25, 0.3) is 11.3 Å². The Balaban J connectivity index is 2.07. The molecule has 2 heterocycles. The van der Waals surface area contributed by atoms with Gasteiger partial charge in [0.15, 0.2) is 5.82 Å². The van der Waals surface area contributed by atoms with Crippen molar-refractivity contribution in [2.75, 3.05) is 6.54 Å². The molecule has 6 nitrogen and oxygen atoms in total. The van der Waals surface area contributed by atoms with Gasteiger partial charge < -0.3 is 5.32 Å². The van der Waals surface area contributed by atoms with Crippen LogP contribution >= 0.6 is 0 Å². The van der Waals surface area contributed by atoms with Crippen LogP contribution in [0.2, 0.25) is 0 Å². The molecule has 0 aliphatic heterocycles. The third-order valence-corrected chi connectivity index (χ3v) is 2.99. The van der Waals surface area contributed by atoms with Crippen molar-refractivity contribution in [3.05, 3.63) is 52.4 Å². The number of fused-ring (bicyclic) bond motifs is 1. The Labute approximate surface area is 115 Å². The van der Waals surface area contributed by atoms with E-state index in [1.54, 1.807) is 0 Å². The maximum Gasteiger partial charge on any atom is 0.274 e. The molecular formula is C14H15N5O. The summed E-state index contributed by atoms with van der Waals surface area (Å²) >= 11 is 0. The minimum Gasteiger partial charge on any atom is -0.311 e. The Kier molecular flexibility index (Phi) is 3.30. The number of aromatic nitrogens is 4. The molecule has 0 bridgehead atoms. The summed E-state index contributed by atoms with van der Waals surface area (Å²) in [4.78, 5) is 20.8. The van der Waals surface area contributed by atoms with E-state index in [1.807, 2.05) is 37.3 Å². The summed E-state index contributed by atoms with van der Waals surface area (Å²) in [6, 6.07) is 11.2. The van der Waals surface area contributed by atoms with Gasteiger partial charge in [0.2, 0.25) is 0 Å². The highest BCUT2D eigenvalue weighted by molar-refractivity contribution is 5.56. The first-order valence-electron chi connectivity index (χ1n) is 6.53. The predicted molar refractivity (Wildman–Crippen MR) is 76.4 cm³/mol. The number of H-pyrrole nitrogens is 1. The molecule has 6 heteroatoms. The molecule has 3 aromatic rings. The Morgan fingerprint density at radius 2 is 2.05 bits per heavy atom. The molecule has 0 saturated heterocycles. The van der Waals surface area contributed by atoms with Crippen LogP contribution in [0, 0.1) is 0 Å². The van der Waals surface area contributed by atoms with Crippen LogP contribution < -0.4 is 10.9 Å². The van der Waals surface area contributed by atoms with Gasteiger partial charge in [0, 0.05) is 18.2 Å². The summed E-state index contributed by atoms with van der Waals surface area (Å²) in [7, 11) is 0. The normalized spacial score (nSPS) is 11.1. The molecule has 102 valence electrons. The van der Waals surface area contributed by atoms with Gasteiger partial charge >= 0.3 is 0 Å². The molecule has 0 radical (unpaired) electrons. The van der Waals surface area contributed by atoms with E-state index in [2.05, 4.69) is 20.4 Å². The van der Waals surface area contributed by atoms with E-state index in [-0.39, 0.29) is 5.56 Å². The molecule has 2 N–H and O–H groups in total. The molecule has 0 saturated carbocycles. The van der Waals surface area contributed by atoms with Crippen LogP contribution in [-0.4, -0.2) is 26.1 Å². The highest BCUT2D eigenvalue weighted by Gasteiger charge is 2.08. The Hall–Kier alpha value is -2.47. The molecule has 0 spiro atoms. The molecule has 20 heavy (non-hydrogen) atoms. The van der Waals surface area contributed by atoms with Crippen LogP contribution in [0.1, 0.15) is 12.6 Å². The summed E-state index contributed by atoms with van der Waals surface area (Å²) in [6.45, 7) is 3.40. The van der Waals surface area contributed by atoms with Crippen molar-refractivity contribution in [3.8, 4) is 11.4 Å². The first-order valence-corrected chi connectivity index (χ1v) is 6.53. The first-order chi connectivity index (χ1) is 9.78. The minimum absolute atomic E-state index is 0.155. The first kappa shape index (κ1) is 12.6. The Bertz CT molecular complexity index is 775. The second-order valence-corrected chi connectivity index (χ2v) is 4.44. The van der Waals surface area contributed by atoms with Gasteiger partial charge in [0.1, 0.15) is 0 Å². The third-order valence-electron chi connectivity index (χ3n) is 2.99. The third kappa shape index (κ3) is 2.33. The molecule has 0 aliphatic rings. The van der Waals surface area contributed by atoms with Crippen LogP contribution in [0.4, 0.5) is 0 Å². The van der Waals surface area contributed by atoms with Crippen molar-refractivity contribution >= 4 is 5.78 Å². The van der Waals surface area contributed by atoms with E-state index >= 15 is 0 Å². The number of hydrogen-bond donors (Lipinski definition) is 2. The number of hydrogen-bond acceptors (Lipinski definition) is 4. The monoisotopic (exact) mass is 269 g/mol. The van der Waals surface area contributed by atoms with E-state index in [4.69, 9.17) is 0 Å². The number of aromatic amines is 1. The van der Waals surface area contributed by atoms with Crippen molar-refractivity contribution in [1.82, 2.24) is 24.9 Å². The average molecular weight is 269 g/mol. The zero-order chi connectivity index (χ0) is 13.9. The fourth-order valence-electron chi connectivity index (χ4n) is 2.00. The lowest BCUT2D eigenvalue weighted by molar-refractivity contribution is 0.705. The van der Waals surface area contributed by atoms with Gasteiger partial charge in [-0.1, -0.05) is 37.3 Å². The van der Waals surface area contributed by atoms with Gasteiger partial charge in [-0.2, -0.15) is 9.50 Å². The van der Waals surface area contributed by atoms with Crippen molar-refractivity contribution in [2.45, 2.75) is 13.5 Å². The summed E-state index contributed by atoms with van der Waals surface area (Å²) in [5, 5.41) is 6.12. The van der Waals surface area contributed by atoms with E-state index in [0.29, 0.717) is 23.8 Å².